The normalized spacial score (nSPS) is 19.9. The zero-order chi connectivity index (χ0) is 14.9. The van der Waals surface area contributed by atoms with Crippen LogP contribution >= 0.6 is 11.8 Å². The van der Waals surface area contributed by atoms with E-state index >= 15 is 0 Å². The van der Waals surface area contributed by atoms with Gasteiger partial charge in [-0.1, -0.05) is 0 Å². The molecule has 8 heteroatoms. The standard InChI is InChI=1S/C12H13F2NO3S2/c1-20(17,18)11-7-19-3-2-15(11)12-9(13)4-8(6-16)5-10(12)14/h4-6,11H,2-3,7H2,1H3. The Kier molecular flexibility index (Phi) is 4.33. The smallest absolute Gasteiger partial charge is 0.169 e. The van der Waals surface area contributed by atoms with E-state index in [0.29, 0.717) is 12.0 Å². The second-order valence-electron chi connectivity index (χ2n) is 4.50. The van der Waals surface area contributed by atoms with Gasteiger partial charge in [-0.15, -0.1) is 0 Å². The predicted octanol–water partition coefficient (Wildman–Crippen LogP) is 1.70. The molecule has 1 aliphatic rings. The first-order valence-corrected chi connectivity index (χ1v) is 8.93. The summed E-state index contributed by atoms with van der Waals surface area (Å²) in [6, 6.07) is 1.82. The van der Waals surface area contributed by atoms with Crippen molar-refractivity contribution in [1.82, 2.24) is 0 Å². The quantitative estimate of drug-likeness (QED) is 0.793. The fourth-order valence-corrected chi connectivity index (χ4v) is 4.94. The number of hydrogen-bond acceptors (Lipinski definition) is 5. The molecule has 0 bridgehead atoms. The average molecular weight is 321 g/mol. The fraction of sp³-hybridized carbons (Fsp3) is 0.417. The summed E-state index contributed by atoms with van der Waals surface area (Å²) in [6.45, 7) is 0.233. The molecule has 1 saturated heterocycles. The van der Waals surface area contributed by atoms with Crippen molar-refractivity contribution < 1.29 is 22.0 Å². The van der Waals surface area contributed by atoms with Gasteiger partial charge in [0.1, 0.15) is 29.0 Å². The van der Waals surface area contributed by atoms with Crippen LogP contribution in [-0.4, -0.2) is 44.4 Å². The first-order chi connectivity index (χ1) is 9.34. The molecule has 0 spiro atoms. The Morgan fingerprint density at radius 3 is 2.45 bits per heavy atom. The highest BCUT2D eigenvalue weighted by molar-refractivity contribution is 8.01. The van der Waals surface area contributed by atoms with Gasteiger partial charge in [-0.3, -0.25) is 4.79 Å². The van der Waals surface area contributed by atoms with E-state index < -0.39 is 26.8 Å². The minimum Gasteiger partial charge on any atom is -0.349 e. The van der Waals surface area contributed by atoms with Gasteiger partial charge in [0.15, 0.2) is 9.84 Å². The van der Waals surface area contributed by atoms with Crippen LogP contribution in [0.25, 0.3) is 0 Å². The molecule has 0 saturated carbocycles. The average Bonchev–Trinajstić information content (AvgIpc) is 2.37. The van der Waals surface area contributed by atoms with E-state index in [4.69, 9.17) is 0 Å². The van der Waals surface area contributed by atoms with Crippen molar-refractivity contribution in [3.63, 3.8) is 0 Å². The first kappa shape index (κ1) is 15.2. The number of carbonyl (C=O) groups is 1. The maximum Gasteiger partial charge on any atom is 0.169 e. The van der Waals surface area contributed by atoms with Crippen LogP contribution in [0, 0.1) is 11.6 Å². The van der Waals surface area contributed by atoms with Gasteiger partial charge in [0.2, 0.25) is 0 Å². The monoisotopic (exact) mass is 321 g/mol. The highest BCUT2D eigenvalue weighted by Crippen LogP contribution is 2.31. The molecule has 0 radical (unpaired) electrons. The van der Waals surface area contributed by atoms with Crippen LogP contribution < -0.4 is 4.90 Å². The number of thioether (sulfide) groups is 1. The van der Waals surface area contributed by atoms with Crippen LogP contribution in [0.2, 0.25) is 0 Å². The van der Waals surface area contributed by atoms with Gasteiger partial charge in [0.05, 0.1) is 0 Å². The van der Waals surface area contributed by atoms with Crippen molar-refractivity contribution in [2.45, 2.75) is 5.37 Å². The van der Waals surface area contributed by atoms with Crippen LogP contribution in [-0.2, 0) is 9.84 Å². The first-order valence-electron chi connectivity index (χ1n) is 5.82. The van der Waals surface area contributed by atoms with E-state index in [1.165, 1.54) is 16.7 Å². The third-order valence-corrected chi connectivity index (χ3v) is 5.68. The molecule has 2 rings (SSSR count). The second kappa shape index (κ2) is 5.69. The Morgan fingerprint density at radius 2 is 1.95 bits per heavy atom. The molecule has 110 valence electrons. The second-order valence-corrected chi connectivity index (χ2v) is 7.86. The highest BCUT2D eigenvalue weighted by atomic mass is 32.2. The molecule has 0 aliphatic carbocycles. The summed E-state index contributed by atoms with van der Waals surface area (Å²) in [4.78, 5) is 11.8. The maximum atomic E-state index is 14.0. The van der Waals surface area contributed by atoms with Crippen molar-refractivity contribution in [3.8, 4) is 0 Å². The van der Waals surface area contributed by atoms with E-state index in [1.807, 2.05) is 0 Å². The van der Waals surface area contributed by atoms with Crippen molar-refractivity contribution in [1.29, 1.82) is 0 Å². The van der Waals surface area contributed by atoms with E-state index in [9.17, 15) is 22.0 Å². The SMILES string of the molecule is CS(=O)(=O)C1CSCCN1c1c(F)cc(C=O)cc1F. The highest BCUT2D eigenvalue weighted by Gasteiger charge is 2.34. The van der Waals surface area contributed by atoms with Crippen LogP contribution in [0.4, 0.5) is 14.5 Å². The lowest BCUT2D eigenvalue weighted by Gasteiger charge is -2.36. The molecule has 0 aromatic heterocycles. The van der Waals surface area contributed by atoms with Gasteiger partial charge < -0.3 is 4.90 Å². The Bertz CT molecular complexity index is 611. The summed E-state index contributed by atoms with van der Waals surface area (Å²) in [6.07, 6.45) is 1.39. The molecule has 1 aromatic rings. The van der Waals surface area contributed by atoms with Crippen molar-refractivity contribution in [2.24, 2.45) is 0 Å². The van der Waals surface area contributed by atoms with Crippen molar-refractivity contribution in [2.75, 3.05) is 29.2 Å². The van der Waals surface area contributed by atoms with Crippen molar-refractivity contribution >= 4 is 33.6 Å². The van der Waals surface area contributed by atoms with Gasteiger partial charge in [-0.05, 0) is 12.1 Å². The lowest BCUT2D eigenvalue weighted by atomic mass is 10.2. The minimum absolute atomic E-state index is 0.119. The Morgan fingerprint density at radius 1 is 1.35 bits per heavy atom. The Hall–Kier alpha value is -1.15. The summed E-state index contributed by atoms with van der Waals surface area (Å²) in [5.41, 5.74) is -0.502. The predicted molar refractivity (Wildman–Crippen MR) is 75.0 cm³/mol. The largest absolute Gasteiger partial charge is 0.349 e. The number of aldehydes is 1. The van der Waals surface area contributed by atoms with Crippen molar-refractivity contribution in [3.05, 3.63) is 29.3 Å². The third-order valence-electron chi connectivity index (χ3n) is 3.04. The molecule has 20 heavy (non-hydrogen) atoms. The number of nitrogens with zero attached hydrogens (tertiary/aromatic N) is 1. The number of sulfone groups is 1. The van der Waals surface area contributed by atoms with E-state index in [1.54, 1.807) is 0 Å². The zero-order valence-corrected chi connectivity index (χ0v) is 12.3. The topological polar surface area (TPSA) is 54.5 Å². The molecule has 1 heterocycles. The number of hydrogen-bond donors (Lipinski definition) is 0. The van der Waals surface area contributed by atoms with Gasteiger partial charge in [0, 0.05) is 29.9 Å². The summed E-state index contributed by atoms with van der Waals surface area (Å²) in [5.74, 6) is -1.01. The molecular weight excluding hydrogens is 308 g/mol. The van der Waals surface area contributed by atoms with Gasteiger partial charge in [-0.25, -0.2) is 17.2 Å². The van der Waals surface area contributed by atoms with Crippen LogP contribution in [0.5, 0.6) is 0 Å². The van der Waals surface area contributed by atoms with E-state index in [2.05, 4.69) is 0 Å². The number of rotatable bonds is 3. The number of halogens is 2. The van der Waals surface area contributed by atoms with Crippen LogP contribution in [0.3, 0.4) is 0 Å². The molecule has 1 aromatic carbocycles. The molecule has 4 nitrogen and oxygen atoms in total. The Labute approximate surface area is 120 Å². The van der Waals surface area contributed by atoms with Gasteiger partial charge in [-0.2, -0.15) is 11.8 Å². The summed E-state index contributed by atoms with van der Waals surface area (Å²) in [7, 11) is -3.47. The van der Waals surface area contributed by atoms with Gasteiger partial charge >= 0.3 is 0 Å². The Balaban J connectivity index is 2.51. The van der Waals surface area contributed by atoms with Crippen LogP contribution in [0.15, 0.2) is 12.1 Å². The van der Waals surface area contributed by atoms with Gasteiger partial charge in [0.25, 0.3) is 0 Å². The molecular formula is C12H13F2NO3S2. The lowest BCUT2D eigenvalue weighted by Crippen LogP contribution is -2.47. The molecule has 1 unspecified atom stereocenters. The summed E-state index contributed by atoms with van der Waals surface area (Å²) in [5, 5.41) is -0.965. The number of carbonyl (C=O) groups excluding carboxylic acids is 1. The number of anilines is 1. The molecule has 0 amide bonds. The van der Waals surface area contributed by atoms with Crippen LogP contribution in [0.1, 0.15) is 10.4 Å². The lowest BCUT2D eigenvalue weighted by molar-refractivity contribution is 0.112. The molecule has 0 N–H and O–H groups in total. The summed E-state index contributed by atoms with van der Waals surface area (Å²) < 4.78 is 51.5. The maximum absolute atomic E-state index is 14.0. The molecule has 1 aliphatic heterocycles. The zero-order valence-electron chi connectivity index (χ0n) is 10.7. The third kappa shape index (κ3) is 2.95. The number of benzene rings is 1. The molecule has 1 atom stereocenters. The summed E-state index contributed by atoms with van der Waals surface area (Å²) >= 11 is 1.43. The minimum atomic E-state index is -3.47. The molecule has 1 fully saturated rings. The van der Waals surface area contributed by atoms with E-state index in [-0.39, 0.29) is 23.5 Å². The van der Waals surface area contributed by atoms with E-state index in [0.717, 1.165) is 18.4 Å². The fourth-order valence-electron chi connectivity index (χ4n) is 2.12.